The van der Waals surface area contributed by atoms with Crippen LogP contribution < -0.4 is 4.90 Å². The summed E-state index contributed by atoms with van der Waals surface area (Å²) < 4.78 is 45.3. The summed E-state index contributed by atoms with van der Waals surface area (Å²) in [6.45, 7) is 0. The predicted octanol–water partition coefficient (Wildman–Crippen LogP) is 4.40. The highest BCUT2D eigenvalue weighted by Crippen LogP contribution is 2.57. The molecule has 6 nitrogen and oxygen atoms in total. The lowest BCUT2D eigenvalue weighted by Gasteiger charge is -2.27. The van der Waals surface area contributed by atoms with Crippen LogP contribution in [0, 0.1) is 11.8 Å². The lowest BCUT2D eigenvalue weighted by Crippen LogP contribution is -2.51. The molecule has 9 heteroatoms. The van der Waals surface area contributed by atoms with Crippen LogP contribution in [-0.4, -0.2) is 29.0 Å². The molecule has 3 aliphatic rings. The normalized spacial score (nSPS) is 24.5. The molecule has 3 atom stereocenters. The summed E-state index contributed by atoms with van der Waals surface area (Å²) in [7, 11) is 0. The Labute approximate surface area is 202 Å². The highest BCUT2D eigenvalue weighted by Gasteiger charge is 2.74. The first kappa shape index (κ1) is 22.4. The van der Waals surface area contributed by atoms with Gasteiger partial charge in [0.05, 0.1) is 29.2 Å². The van der Waals surface area contributed by atoms with Crippen LogP contribution in [0.3, 0.4) is 0 Å². The maximum atomic E-state index is 13.8. The molecule has 2 heterocycles. The minimum Gasteiger partial charge on any atom is -0.349 e. The molecule has 1 spiro atoms. The largest absolute Gasteiger partial charge is 0.416 e. The number of imide groups is 1. The van der Waals surface area contributed by atoms with E-state index < -0.39 is 58.7 Å². The van der Waals surface area contributed by atoms with E-state index in [-0.39, 0.29) is 16.8 Å². The van der Waals surface area contributed by atoms with Gasteiger partial charge in [0.15, 0.2) is 0 Å². The monoisotopic (exact) mass is 491 g/mol. The summed E-state index contributed by atoms with van der Waals surface area (Å²) in [5.74, 6) is -5.70. The Morgan fingerprint density at radius 3 is 1.83 bits per heavy atom. The van der Waals surface area contributed by atoms with Gasteiger partial charge in [0, 0.05) is 11.1 Å². The molecular formula is C27H16F3NO5. The number of ether oxygens (including phenoxy) is 1. The number of hydrogen-bond donors (Lipinski definition) is 0. The van der Waals surface area contributed by atoms with E-state index in [0.29, 0.717) is 5.56 Å². The van der Waals surface area contributed by atoms with Gasteiger partial charge in [0.25, 0.3) is 0 Å². The predicted molar refractivity (Wildman–Crippen MR) is 119 cm³/mol. The number of rotatable bonds is 2. The molecule has 0 unspecified atom stereocenters. The molecule has 1 aliphatic carbocycles. The van der Waals surface area contributed by atoms with E-state index in [1.165, 1.54) is 12.1 Å². The summed E-state index contributed by atoms with van der Waals surface area (Å²) >= 11 is 0. The first-order valence-electron chi connectivity index (χ1n) is 11.1. The maximum Gasteiger partial charge on any atom is 0.416 e. The van der Waals surface area contributed by atoms with Crippen LogP contribution in [-0.2, 0) is 20.5 Å². The number of alkyl halides is 3. The molecule has 2 aliphatic heterocycles. The van der Waals surface area contributed by atoms with Crippen molar-refractivity contribution < 1.29 is 37.1 Å². The Balaban J connectivity index is 1.50. The molecule has 2 saturated heterocycles. The Bertz CT molecular complexity index is 1410. The lowest BCUT2D eigenvalue weighted by atomic mass is 9.77. The summed E-state index contributed by atoms with van der Waals surface area (Å²) in [6, 6.07) is 18.1. The molecule has 2 amide bonds. The number of fused-ring (bicyclic) bond motifs is 3. The molecule has 0 radical (unpaired) electrons. The smallest absolute Gasteiger partial charge is 0.349 e. The fourth-order valence-electron chi connectivity index (χ4n) is 5.51. The molecular weight excluding hydrogens is 475 g/mol. The molecule has 6 rings (SSSR count). The van der Waals surface area contributed by atoms with E-state index in [1.54, 1.807) is 42.5 Å². The molecule has 0 aromatic heterocycles. The third-order valence-corrected chi connectivity index (χ3v) is 7.10. The van der Waals surface area contributed by atoms with Crippen molar-refractivity contribution in [1.82, 2.24) is 0 Å². The summed E-state index contributed by atoms with van der Waals surface area (Å²) in [4.78, 5) is 55.5. The van der Waals surface area contributed by atoms with Crippen molar-refractivity contribution in [3.63, 3.8) is 0 Å². The van der Waals surface area contributed by atoms with Crippen LogP contribution in [0.4, 0.5) is 18.9 Å². The van der Waals surface area contributed by atoms with Crippen LogP contribution in [0.1, 0.15) is 37.9 Å². The molecule has 36 heavy (non-hydrogen) atoms. The summed E-state index contributed by atoms with van der Waals surface area (Å²) in [5, 5.41) is 0. The van der Waals surface area contributed by atoms with Gasteiger partial charge in [0.1, 0.15) is 0 Å². The minimum atomic E-state index is -4.60. The van der Waals surface area contributed by atoms with Gasteiger partial charge in [-0.05, 0) is 29.8 Å². The second-order valence-electron chi connectivity index (χ2n) is 8.95. The number of nitrogens with zero attached hydrogens (tertiary/aromatic N) is 1. The fraction of sp³-hybridized carbons (Fsp3) is 0.185. The van der Waals surface area contributed by atoms with Gasteiger partial charge < -0.3 is 4.74 Å². The summed E-state index contributed by atoms with van der Waals surface area (Å²) in [6.07, 6.45) is -5.69. The van der Waals surface area contributed by atoms with Gasteiger partial charge in [-0.3, -0.25) is 19.2 Å². The topological polar surface area (TPSA) is 80.8 Å². The van der Waals surface area contributed by atoms with Crippen LogP contribution in [0.2, 0.25) is 0 Å². The van der Waals surface area contributed by atoms with E-state index in [9.17, 15) is 32.3 Å². The molecule has 0 saturated carbocycles. The number of hydrogen-bond acceptors (Lipinski definition) is 5. The number of amides is 2. The van der Waals surface area contributed by atoms with Crippen LogP contribution in [0.15, 0.2) is 78.9 Å². The zero-order chi connectivity index (χ0) is 25.4. The quantitative estimate of drug-likeness (QED) is 0.392. The highest BCUT2D eigenvalue weighted by atomic mass is 19.4. The number of carbonyl (C=O) groups excluding carboxylic acids is 4. The molecule has 0 N–H and O–H groups in total. The van der Waals surface area contributed by atoms with Gasteiger partial charge in [0.2, 0.25) is 29.0 Å². The van der Waals surface area contributed by atoms with Crippen molar-refractivity contribution in [2.45, 2.75) is 17.9 Å². The summed E-state index contributed by atoms with van der Waals surface area (Å²) in [5.41, 5.74) is -2.56. The number of carbonyl (C=O) groups is 4. The van der Waals surface area contributed by atoms with E-state index >= 15 is 0 Å². The van der Waals surface area contributed by atoms with Gasteiger partial charge in [-0.25, -0.2) is 4.90 Å². The number of benzene rings is 3. The van der Waals surface area contributed by atoms with E-state index in [4.69, 9.17) is 4.74 Å². The van der Waals surface area contributed by atoms with Crippen molar-refractivity contribution in [3.8, 4) is 0 Å². The average molecular weight is 491 g/mol. The Hall–Kier alpha value is -4.11. The number of anilines is 1. The Kier molecular flexibility index (Phi) is 4.62. The molecule has 3 aromatic rings. The first-order valence-corrected chi connectivity index (χ1v) is 11.1. The second kappa shape index (κ2) is 7.44. The zero-order valence-electron chi connectivity index (χ0n) is 18.4. The number of Topliss-reactive ketones (excluding diaryl/α,β-unsaturated/α-hetero) is 2. The molecule has 180 valence electrons. The second-order valence-corrected chi connectivity index (χ2v) is 8.95. The van der Waals surface area contributed by atoms with E-state index in [0.717, 1.165) is 29.2 Å². The first-order chi connectivity index (χ1) is 17.2. The van der Waals surface area contributed by atoms with Crippen molar-refractivity contribution in [2.24, 2.45) is 11.8 Å². The average Bonchev–Trinajstić information content (AvgIpc) is 3.44. The van der Waals surface area contributed by atoms with Crippen LogP contribution in [0.5, 0.6) is 0 Å². The van der Waals surface area contributed by atoms with Crippen LogP contribution in [0.25, 0.3) is 0 Å². The third-order valence-electron chi connectivity index (χ3n) is 7.10. The van der Waals surface area contributed by atoms with Gasteiger partial charge in [-0.15, -0.1) is 0 Å². The van der Waals surface area contributed by atoms with Gasteiger partial charge in [-0.1, -0.05) is 54.6 Å². The lowest BCUT2D eigenvalue weighted by molar-refractivity contribution is -0.137. The minimum absolute atomic E-state index is 0.0789. The maximum absolute atomic E-state index is 13.8. The van der Waals surface area contributed by atoms with Gasteiger partial charge in [-0.2, -0.15) is 13.2 Å². The van der Waals surface area contributed by atoms with Crippen molar-refractivity contribution >= 4 is 29.1 Å². The third kappa shape index (κ3) is 2.83. The SMILES string of the molecule is O=C1[C@H]2[C@@H](c3ccccc3)OC3(C(=O)c4ccccc4C3=O)[C@H]2C(=O)N1c1ccc(C(F)(F)F)cc1. The molecule has 2 fully saturated rings. The van der Waals surface area contributed by atoms with Crippen molar-refractivity contribution in [2.75, 3.05) is 4.90 Å². The van der Waals surface area contributed by atoms with E-state index in [2.05, 4.69) is 0 Å². The number of halogens is 3. The number of ketones is 2. The molecule has 3 aromatic carbocycles. The highest BCUT2D eigenvalue weighted by molar-refractivity contribution is 6.37. The zero-order valence-corrected chi connectivity index (χ0v) is 18.4. The van der Waals surface area contributed by atoms with E-state index in [1.807, 2.05) is 0 Å². The van der Waals surface area contributed by atoms with Crippen molar-refractivity contribution in [3.05, 3.63) is 101 Å². The Morgan fingerprint density at radius 1 is 0.722 bits per heavy atom. The van der Waals surface area contributed by atoms with Crippen molar-refractivity contribution in [1.29, 1.82) is 0 Å². The van der Waals surface area contributed by atoms with Gasteiger partial charge >= 0.3 is 6.18 Å². The molecule has 0 bridgehead atoms. The fourth-order valence-corrected chi connectivity index (χ4v) is 5.51. The standard InChI is InChI=1S/C27H16F3NO5/c28-27(29,30)15-10-12-16(13-11-15)31-24(34)19-20(25(31)35)26(36-21(19)14-6-2-1-3-7-14)22(32)17-8-4-5-9-18(17)23(26)33/h1-13,19-21H/t19-,20-,21-/m1/s1. The van der Waals surface area contributed by atoms with Crippen LogP contribution >= 0.6 is 0 Å². The Morgan fingerprint density at radius 2 is 1.28 bits per heavy atom.